The fourth-order valence-corrected chi connectivity index (χ4v) is 5.28. The number of alkyl carbamates (subject to hydrolysis) is 2. The van der Waals surface area contributed by atoms with Crippen LogP contribution in [0.2, 0.25) is 5.02 Å². The minimum atomic E-state index is -0.534. The Labute approximate surface area is 222 Å². The number of nitrogens with zero attached hydrogens (tertiary/aromatic N) is 3. The van der Waals surface area contributed by atoms with Gasteiger partial charge in [-0.05, 0) is 65.7 Å². The van der Waals surface area contributed by atoms with E-state index in [0.717, 1.165) is 44.9 Å². The molecule has 11 nitrogen and oxygen atoms in total. The number of rotatable bonds is 5. The van der Waals surface area contributed by atoms with E-state index in [9.17, 15) is 14.4 Å². The maximum absolute atomic E-state index is 12.8. The van der Waals surface area contributed by atoms with Crippen LogP contribution in [0.25, 0.3) is 0 Å². The highest BCUT2D eigenvalue weighted by Gasteiger charge is 2.31. The van der Waals surface area contributed by atoms with E-state index in [0.29, 0.717) is 31.8 Å². The zero-order chi connectivity index (χ0) is 26.6. The number of ether oxygens (including phenoxy) is 3. The number of aromatic nitrogens is 2. The van der Waals surface area contributed by atoms with E-state index in [2.05, 4.69) is 15.7 Å². The number of anilines is 1. The molecule has 1 aromatic rings. The van der Waals surface area contributed by atoms with E-state index >= 15 is 0 Å². The van der Waals surface area contributed by atoms with Crippen molar-refractivity contribution in [1.29, 1.82) is 0 Å². The average Bonchev–Trinajstić information content (AvgIpc) is 3.29. The van der Waals surface area contributed by atoms with Crippen LogP contribution in [0.1, 0.15) is 78.4 Å². The molecule has 1 aromatic heterocycles. The van der Waals surface area contributed by atoms with Crippen LogP contribution in [0, 0.1) is 0 Å². The van der Waals surface area contributed by atoms with Gasteiger partial charge in [0.25, 0.3) is 5.56 Å². The van der Waals surface area contributed by atoms with Crippen LogP contribution < -0.4 is 21.1 Å². The van der Waals surface area contributed by atoms with Crippen molar-refractivity contribution >= 4 is 29.5 Å². The Hall–Kier alpha value is -2.53. The van der Waals surface area contributed by atoms with Gasteiger partial charge >= 0.3 is 12.2 Å². The third-order valence-electron chi connectivity index (χ3n) is 6.88. The first-order valence-corrected chi connectivity index (χ1v) is 13.6. The standard InChI is InChI=1S/C25H38ClN5O6/c1-25(2,3)37-24(34)29-17-9-7-16(8-10-17)28-23(33)36-18-11-12-30(15-18)19-14-27-31(22(32)21(19)26)20-6-4-5-13-35-20/h14,16-18,20H,4-13,15H2,1-3H3,(H,28,33)(H,29,34)/t16?,17?,18-,20?/m1/s1. The Morgan fingerprint density at radius 2 is 1.73 bits per heavy atom. The second kappa shape index (κ2) is 11.9. The summed E-state index contributed by atoms with van der Waals surface area (Å²) in [5.41, 5.74) is -0.362. The smallest absolute Gasteiger partial charge is 0.407 e. The molecule has 3 aliphatic rings. The summed E-state index contributed by atoms with van der Waals surface area (Å²) in [6.07, 6.45) is 6.35. The first-order chi connectivity index (χ1) is 17.6. The third-order valence-corrected chi connectivity index (χ3v) is 7.24. The fraction of sp³-hybridized carbons (Fsp3) is 0.760. The van der Waals surface area contributed by atoms with Crippen molar-refractivity contribution in [1.82, 2.24) is 20.4 Å². The molecule has 1 aliphatic carbocycles. The van der Waals surface area contributed by atoms with Gasteiger partial charge in [-0.1, -0.05) is 11.6 Å². The molecular weight excluding hydrogens is 502 g/mol. The maximum atomic E-state index is 12.8. The van der Waals surface area contributed by atoms with Gasteiger partial charge < -0.3 is 29.7 Å². The molecule has 1 unspecified atom stereocenters. The van der Waals surface area contributed by atoms with Crippen LogP contribution in [-0.4, -0.2) is 65.5 Å². The number of amides is 2. The topological polar surface area (TPSA) is 124 Å². The lowest BCUT2D eigenvalue weighted by Gasteiger charge is -2.30. The van der Waals surface area contributed by atoms with E-state index in [1.54, 1.807) is 6.20 Å². The molecule has 2 N–H and O–H groups in total. The number of carbonyl (C=O) groups excluding carboxylic acids is 2. The summed E-state index contributed by atoms with van der Waals surface area (Å²) in [6, 6.07) is 0.0285. The van der Waals surface area contributed by atoms with Crippen molar-refractivity contribution in [2.45, 2.75) is 102 Å². The fourth-order valence-electron chi connectivity index (χ4n) is 5.03. The Balaban J connectivity index is 1.21. The minimum Gasteiger partial charge on any atom is -0.444 e. The summed E-state index contributed by atoms with van der Waals surface area (Å²) in [5.74, 6) is 0. The zero-order valence-corrected chi connectivity index (χ0v) is 22.6. The Bertz CT molecular complexity index is 1010. The van der Waals surface area contributed by atoms with Crippen molar-refractivity contribution in [3.05, 3.63) is 21.6 Å². The van der Waals surface area contributed by atoms with E-state index in [4.69, 9.17) is 25.8 Å². The monoisotopic (exact) mass is 539 g/mol. The van der Waals surface area contributed by atoms with Gasteiger partial charge in [-0.2, -0.15) is 9.78 Å². The SMILES string of the molecule is CC(C)(C)OC(=O)NC1CCC(NC(=O)O[C@@H]2CCN(c3cnn(C4CCCCO4)c(=O)c3Cl)C2)CC1. The third kappa shape index (κ3) is 7.50. The molecule has 37 heavy (non-hydrogen) atoms. The predicted molar refractivity (Wildman–Crippen MR) is 138 cm³/mol. The van der Waals surface area contributed by atoms with Crippen LogP contribution in [-0.2, 0) is 14.2 Å². The number of hydrogen-bond donors (Lipinski definition) is 2. The Morgan fingerprint density at radius 1 is 1.05 bits per heavy atom. The first-order valence-electron chi connectivity index (χ1n) is 13.2. The lowest BCUT2D eigenvalue weighted by molar-refractivity contribution is -0.0424. The summed E-state index contributed by atoms with van der Waals surface area (Å²) in [5, 5.41) is 10.3. The molecule has 3 fully saturated rings. The molecule has 206 valence electrons. The second-order valence-corrected chi connectivity index (χ2v) is 11.4. The van der Waals surface area contributed by atoms with Gasteiger partial charge in [0, 0.05) is 31.7 Å². The summed E-state index contributed by atoms with van der Waals surface area (Å²) in [4.78, 5) is 39.2. The molecule has 0 aromatic carbocycles. The number of nitrogens with one attached hydrogen (secondary N) is 2. The van der Waals surface area contributed by atoms with Crippen molar-refractivity contribution in [2.75, 3.05) is 24.6 Å². The van der Waals surface area contributed by atoms with Gasteiger partial charge in [-0.25, -0.2) is 9.59 Å². The molecule has 12 heteroatoms. The Kier molecular flexibility index (Phi) is 8.84. The second-order valence-electron chi connectivity index (χ2n) is 11.0. The van der Waals surface area contributed by atoms with Gasteiger partial charge in [-0.3, -0.25) is 4.79 Å². The lowest BCUT2D eigenvalue weighted by atomic mass is 9.91. The molecular formula is C25H38ClN5O6. The largest absolute Gasteiger partial charge is 0.444 e. The van der Waals surface area contributed by atoms with E-state index in [1.807, 2.05) is 25.7 Å². The lowest BCUT2D eigenvalue weighted by Crippen LogP contribution is -2.45. The summed E-state index contributed by atoms with van der Waals surface area (Å²) >= 11 is 6.43. The van der Waals surface area contributed by atoms with Crippen molar-refractivity contribution < 1.29 is 23.8 Å². The molecule has 3 heterocycles. The van der Waals surface area contributed by atoms with Crippen LogP contribution >= 0.6 is 11.6 Å². The average molecular weight is 540 g/mol. The van der Waals surface area contributed by atoms with Crippen LogP contribution in [0.4, 0.5) is 15.3 Å². The molecule has 0 bridgehead atoms. The highest BCUT2D eigenvalue weighted by molar-refractivity contribution is 6.33. The molecule has 0 radical (unpaired) electrons. The van der Waals surface area contributed by atoms with Gasteiger partial charge in [0.15, 0.2) is 6.23 Å². The highest BCUT2D eigenvalue weighted by Crippen LogP contribution is 2.28. The van der Waals surface area contributed by atoms with Gasteiger partial charge in [0.05, 0.1) is 18.4 Å². The quantitative estimate of drug-likeness (QED) is 0.580. The van der Waals surface area contributed by atoms with E-state index < -0.39 is 17.8 Å². The molecule has 2 aliphatic heterocycles. The predicted octanol–water partition coefficient (Wildman–Crippen LogP) is 3.74. The van der Waals surface area contributed by atoms with E-state index in [1.165, 1.54) is 4.68 Å². The molecule has 2 atom stereocenters. The van der Waals surface area contributed by atoms with Gasteiger partial charge in [0.2, 0.25) is 0 Å². The molecule has 0 spiro atoms. The number of halogens is 1. The minimum absolute atomic E-state index is 0.00469. The first kappa shape index (κ1) is 27.5. The van der Waals surface area contributed by atoms with Gasteiger partial charge in [0.1, 0.15) is 16.7 Å². The molecule has 4 rings (SSSR count). The summed E-state index contributed by atoms with van der Waals surface area (Å²) in [6.45, 7) is 7.14. The molecule has 1 saturated carbocycles. The van der Waals surface area contributed by atoms with Crippen molar-refractivity contribution in [3.8, 4) is 0 Å². The maximum Gasteiger partial charge on any atom is 0.407 e. The van der Waals surface area contributed by atoms with Crippen LogP contribution in [0.3, 0.4) is 0 Å². The van der Waals surface area contributed by atoms with Crippen LogP contribution in [0.15, 0.2) is 11.0 Å². The van der Waals surface area contributed by atoms with Gasteiger partial charge in [-0.15, -0.1) is 0 Å². The molecule has 2 saturated heterocycles. The zero-order valence-electron chi connectivity index (χ0n) is 21.8. The number of hydrogen-bond acceptors (Lipinski definition) is 8. The summed E-state index contributed by atoms with van der Waals surface area (Å²) in [7, 11) is 0. The molecule has 2 amide bonds. The highest BCUT2D eigenvalue weighted by atomic mass is 35.5. The van der Waals surface area contributed by atoms with E-state index in [-0.39, 0.29) is 35.0 Å². The number of carbonyl (C=O) groups is 2. The van der Waals surface area contributed by atoms with Crippen LogP contribution in [0.5, 0.6) is 0 Å². The Morgan fingerprint density at radius 3 is 2.35 bits per heavy atom. The summed E-state index contributed by atoms with van der Waals surface area (Å²) < 4.78 is 18.0. The van der Waals surface area contributed by atoms with Crippen molar-refractivity contribution in [2.24, 2.45) is 0 Å². The van der Waals surface area contributed by atoms with Crippen molar-refractivity contribution in [3.63, 3.8) is 0 Å². The normalized spacial score (nSPS) is 26.4.